The van der Waals surface area contributed by atoms with Crippen molar-refractivity contribution in [3.05, 3.63) is 29.3 Å². The first-order valence-corrected chi connectivity index (χ1v) is 7.82. The van der Waals surface area contributed by atoms with Gasteiger partial charge < -0.3 is 10.6 Å². The molecule has 0 spiro atoms. The van der Waals surface area contributed by atoms with Gasteiger partial charge in [-0.25, -0.2) is 4.98 Å². The fourth-order valence-electron chi connectivity index (χ4n) is 1.94. The molecule has 6 heteroatoms. The van der Waals surface area contributed by atoms with Gasteiger partial charge in [-0.05, 0) is 32.4 Å². The minimum Gasteiger partial charge on any atom is -0.356 e. The van der Waals surface area contributed by atoms with Gasteiger partial charge in [0.25, 0.3) is 0 Å². The summed E-state index contributed by atoms with van der Waals surface area (Å²) in [6, 6.07) is 8.69. The van der Waals surface area contributed by atoms with E-state index in [1.54, 1.807) is 18.4 Å². The number of hydrogen-bond donors (Lipinski definition) is 2. The third kappa shape index (κ3) is 5.78. The number of rotatable bonds is 5. The van der Waals surface area contributed by atoms with E-state index in [1.807, 2.05) is 6.07 Å². The highest BCUT2D eigenvalue weighted by atomic mass is 127. The first kappa shape index (κ1) is 18.2. The van der Waals surface area contributed by atoms with E-state index in [0.717, 1.165) is 30.9 Å². The molecule has 1 aromatic carbocycles. The van der Waals surface area contributed by atoms with Crippen LogP contribution in [-0.2, 0) is 6.42 Å². The highest BCUT2D eigenvalue weighted by Crippen LogP contribution is 2.22. The first-order chi connectivity index (χ1) is 9.69. The van der Waals surface area contributed by atoms with Crippen LogP contribution in [0.5, 0.6) is 0 Å². The van der Waals surface area contributed by atoms with Crippen LogP contribution in [0.2, 0.25) is 0 Å². The van der Waals surface area contributed by atoms with Crippen LogP contribution in [0, 0.1) is 0 Å². The lowest BCUT2D eigenvalue weighted by molar-refractivity contribution is 0.685. The third-order valence-corrected chi connectivity index (χ3v) is 3.94. The fraction of sp³-hybridized carbons (Fsp3) is 0.467. The van der Waals surface area contributed by atoms with Crippen LogP contribution >= 0.6 is 35.3 Å². The number of aromatic nitrogens is 1. The van der Waals surface area contributed by atoms with Gasteiger partial charge in [-0.15, -0.1) is 35.3 Å². The van der Waals surface area contributed by atoms with Crippen molar-refractivity contribution in [3.8, 4) is 0 Å². The third-order valence-electron chi connectivity index (χ3n) is 2.85. The Labute approximate surface area is 147 Å². The van der Waals surface area contributed by atoms with Crippen molar-refractivity contribution in [2.24, 2.45) is 4.99 Å². The molecule has 21 heavy (non-hydrogen) atoms. The molecule has 2 aromatic rings. The van der Waals surface area contributed by atoms with Crippen molar-refractivity contribution in [2.75, 3.05) is 13.6 Å². The number of aliphatic imine (C=N–C) groups is 1. The second kappa shape index (κ2) is 9.19. The van der Waals surface area contributed by atoms with Crippen LogP contribution < -0.4 is 10.6 Å². The van der Waals surface area contributed by atoms with Crippen molar-refractivity contribution in [3.63, 3.8) is 0 Å². The molecule has 4 nitrogen and oxygen atoms in total. The van der Waals surface area contributed by atoms with Crippen LogP contribution in [0.15, 0.2) is 29.3 Å². The maximum atomic E-state index is 4.64. The van der Waals surface area contributed by atoms with Gasteiger partial charge in [-0.3, -0.25) is 4.99 Å². The molecule has 0 unspecified atom stereocenters. The summed E-state index contributed by atoms with van der Waals surface area (Å²) in [6.07, 6.45) is 2.06. The van der Waals surface area contributed by atoms with Gasteiger partial charge in [0.2, 0.25) is 0 Å². The molecule has 0 fully saturated rings. The summed E-state index contributed by atoms with van der Waals surface area (Å²) in [6.45, 7) is 5.12. The van der Waals surface area contributed by atoms with Crippen LogP contribution in [-0.4, -0.2) is 30.6 Å². The Kier molecular flexibility index (Phi) is 7.95. The van der Waals surface area contributed by atoms with Crippen LogP contribution in [0.25, 0.3) is 10.2 Å². The number of halogens is 1. The lowest BCUT2D eigenvalue weighted by atomic mass is 10.3. The maximum Gasteiger partial charge on any atom is 0.191 e. The molecule has 0 saturated carbocycles. The topological polar surface area (TPSA) is 49.3 Å². The molecule has 2 N–H and O–H groups in total. The average Bonchev–Trinajstić information content (AvgIpc) is 2.84. The van der Waals surface area contributed by atoms with E-state index in [9.17, 15) is 0 Å². The molecular formula is C15H23IN4S. The largest absolute Gasteiger partial charge is 0.356 e. The summed E-state index contributed by atoms with van der Waals surface area (Å²) in [7, 11) is 1.80. The molecule has 0 aliphatic carbocycles. The normalized spacial score (nSPS) is 11.5. The minimum atomic E-state index is 0. The van der Waals surface area contributed by atoms with E-state index < -0.39 is 0 Å². The molecule has 0 radical (unpaired) electrons. The van der Waals surface area contributed by atoms with Gasteiger partial charge in [0.15, 0.2) is 5.96 Å². The number of hydrogen-bond acceptors (Lipinski definition) is 3. The van der Waals surface area contributed by atoms with Gasteiger partial charge in [0.1, 0.15) is 0 Å². The van der Waals surface area contributed by atoms with E-state index in [-0.39, 0.29) is 24.0 Å². The van der Waals surface area contributed by atoms with Gasteiger partial charge >= 0.3 is 0 Å². The molecule has 116 valence electrons. The number of guanidine groups is 1. The second-order valence-corrected chi connectivity index (χ2v) is 6.09. The van der Waals surface area contributed by atoms with E-state index >= 15 is 0 Å². The van der Waals surface area contributed by atoms with Gasteiger partial charge in [0, 0.05) is 26.1 Å². The smallest absolute Gasteiger partial charge is 0.191 e. The number of thiazole rings is 1. The standard InChI is InChI=1S/C15H22N4S.HI/c1-11(2)18-15(16-3)17-10-6-9-14-19-12-7-4-5-8-13(12)20-14;/h4-5,7-8,11H,6,9-10H2,1-3H3,(H2,16,17,18);1H. The Balaban J connectivity index is 0.00000220. The van der Waals surface area contributed by atoms with Crippen LogP contribution in [0.4, 0.5) is 0 Å². The highest BCUT2D eigenvalue weighted by molar-refractivity contribution is 14.0. The lowest BCUT2D eigenvalue weighted by Crippen LogP contribution is -2.41. The number of nitrogens with zero attached hydrogens (tertiary/aromatic N) is 2. The van der Waals surface area contributed by atoms with Gasteiger partial charge in [-0.2, -0.15) is 0 Å². The summed E-state index contributed by atoms with van der Waals surface area (Å²) >= 11 is 1.79. The first-order valence-electron chi connectivity index (χ1n) is 7.00. The minimum absolute atomic E-state index is 0. The molecule has 1 heterocycles. The Hall–Kier alpha value is -0.890. The van der Waals surface area contributed by atoms with Gasteiger partial charge in [0.05, 0.1) is 15.2 Å². The molecule has 0 amide bonds. The molecule has 0 aliphatic rings. The Bertz CT molecular complexity index is 547. The van der Waals surface area contributed by atoms with Gasteiger partial charge in [-0.1, -0.05) is 12.1 Å². The zero-order valence-corrected chi connectivity index (χ0v) is 15.9. The van der Waals surface area contributed by atoms with Crippen molar-refractivity contribution in [1.82, 2.24) is 15.6 Å². The fourth-order valence-corrected chi connectivity index (χ4v) is 2.95. The molecule has 1 aromatic heterocycles. The Morgan fingerprint density at radius 2 is 2.10 bits per heavy atom. The number of fused-ring (bicyclic) bond motifs is 1. The molecule has 0 aliphatic heterocycles. The maximum absolute atomic E-state index is 4.64. The summed E-state index contributed by atoms with van der Waals surface area (Å²) in [5.41, 5.74) is 1.11. The number of nitrogens with one attached hydrogen (secondary N) is 2. The monoisotopic (exact) mass is 418 g/mol. The number of aryl methyl sites for hydroxylation is 1. The van der Waals surface area contributed by atoms with Crippen molar-refractivity contribution in [2.45, 2.75) is 32.7 Å². The summed E-state index contributed by atoms with van der Waals surface area (Å²) in [5.74, 6) is 0.865. The SMILES string of the molecule is CN=C(NCCCc1nc2ccccc2s1)NC(C)C.I. The molecule has 2 rings (SSSR count). The second-order valence-electron chi connectivity index (χ2n) is 4.98. The van der Waals surface area contributed by atoms with E-state index in [1.165, 1.54) is 9.71 Å². The molecule has 0 atom stereocenters. The Morgan fingerprint density at radius 3 is 2.76 bits per heavy atom. The molecular weight excluding hydrogens is 395 g/mol. The highest BCUT2D eigenvalue weighted by Gasteiger charge is 2.03. The molecule has 0 saturated heterocycles. The average molecular weight is 418 g/mol. The molecule has 0 bridgehead atoms. The van der Waals surface area contributed by atoms with E-state index in [2.05, 4.69) is 52.7 Å². The van der Waals surface area contributed by atoms with Crippen LogP contribution in [0.1, 0.15) is 25.3 Å². The lowest BCUT2D eigenvalue weighted by Gasteiger charge is -2.13. The quantitative estimate of drug-likeness (QED) is 0.339. The predicted octanol–water partition coefficient (Wildman–Crippen LogP) is 3.42. The summed E-state index contributed by atoms with van der Waals surface area (Å²) in [4.78, 5) is 8.83. The van der Waals surface area contributed by atoms with Crippen molar-refractivity contribution < 1.29 is 0 Å². The van der Waals surface area contributed by atoms with Crippen LogP contribution in [0.3, 0.4) is 0 Å². The zero-order valence-electron chi connectivity index (χ0n) is 12.7. The zero-order chi connectivity index (χ0) is 14.4. The number of para-hydroxylation sites is 1. The Morgan fingerprint density at radius 1 is 1.33 bits per heavy atom. The predicted molar refractivity (Wildman–Crippen MR) is 103 cm³/mol. The summed E-state index contributed by atoms with van der Waals surface area (Å²) < 4.78 is 1.27. The van der Waals surface area contributed by atoms with E-state index in [0.29, 0.717) is 6.04 Å². The number of benzene rings is 1. The summed E-state index contributed by atoms with van der Waals surface area (Å²) in [5, 5.41) is 7.80. The van der Waals surface area contributed by atoms with E-state index in [4.69, 9.17) is 0 Å². The van der Waals surface area contributed by atoms with Crippen molar-refractivity contribution >= 4 is 51.5 Å². The van der Waals surface area contributed by atoms with Crippen molar-refractivity contribution in [1.29, 1.82) is 0 Å².